The topological polar surface area (TPSA) is 87.2 Å². The van der Waals surface area contributed by atoms with Gasteiger partial charge < -0.3 is 5.73 Å². The number of nitrogens with two attached hydrogens (primary N) is 1. The van der Waals surface area contributed by atoms with Gasteiger partial charge >= 0.3 is 0 Å². The molecule has 2 N–H and O–H groups in total. The number of halogens is 3. The summed E-state index contributed by atoms with van der Waals surface area (Å²) in [6.45, 7) is 0. The zero-order chi connectivity index (χ0) is 20.4. The average Bonchev–Trinajstić information content (AvgIpc) is 2.95. The van der Waals surface area contributed by atoms with Crippen LogP contribution in [-0.2, 0) is 16.0 Å². The lowest BCUT2D eigenvalue weighted by molar-refractivity contribution is -0.117. The quantitative estimate of drug-likeness (QED) is 0.544. The Balaban J connectivity index is 2.05. The molecule has 0 aliphatic carbocycles. The Hall–Kier alpha value is -2.17. The highest BCUT2D eigenvalue weighted by atomic mass is 35.5. The number of rotatable bonds is 4. The molecule has 28 heavy (non-hydrogen) atoms. The van der Waals surface area contributed by atoms with Crippen LogP contribution >= 0.6 is 46.6 Å². The van der Waals surface area contributed by atoms with Crippen LogP contribution in [0.15, 0.2) is 53.1 Å². The van der Waals surface area contributed by atoms with E-state index in [0.29, 0.717) is 26.3 Å². The van der Waals surface area contributed by atoms with Gasteiger partial charge in [-0.15, -0.1) is 0 Å². The van der Waals surface area contributed by atoms with Crippen molar-refractivity contribution in [1.82, 2.24) is 0 Å². The van der Waals surface area contributed by atoms with Crippen LogP contribution in [0.3, 0.4) is 0 Å². The molecule has 0 aromatic heterocycles. The summed E-state index contributed by atoms with van der Waals surface area (Å²) in [6, 6.07) is 13.3. The van der Waals surface area contributed by atoms with E-state index < -0.39 is 11.2 Å². The second-order valence-electron chi connectivity index (χ2n) is 5.85. The largest absolute Gasteiger partial charge is 0.365 e. The molecule has 0 spiro atoms. The van der Waals surface area contributed by atoms with Crippen molar-refractivity contribution in [2.75, 3.05) is 4.90 Å². The normalized spacial score (nSPS) is 18.1. The first-order chi connectivity index (χ1) is 13.3. The van der Waals surface area contributed by atoms with Crippen molar-refractivity contribution in [2.45, 2.75) is 11.7 Å². The molecule has 5 nitrogen and oxygen atoms in total. The highest BCUT2D eigenvalue weighted by Crippen LogP contribution is 2.42. The first-order valence-electron chi connectivity index (χ1n) is 7.96. The van der Waals surface area contributed by atoms with Crippen molar-refractivity contribution in [3.63, 3.8) is 0 Å². The first-order valence-corrected chi connectivity index (χ1v) is 9.97. The molecule has 1 saturated heterocycles. The van der Waals surface area contributed by atoms with Crippen molar-refractivity contribution in [2.24, 2.45) is 5.73 Å². The lowest BCUT2D eigenvalue weighted by Crippen LogP contribution is -2.31. The third-order valence-corrected chi connectivity index (χ3v) is 6.14. The van der Waals surface area contributed by atoms with E-state index in [1.54, 1.807) is 48.5 Å². The number of carbonyl (C=O) groups is 2. The maximum atomic E-state index is 13.1. The molecular weight excluding hydrogens is 441 g/mol. The zero-order valence-corrected chi connectivity index (χ0v) is 17.2. The van der Waals surface area contributed by atoms with E-state index in [9.17, 15) is 14.9 Å². The summed E-state index contributed by atoms with van der Waals surface area (Å²) in [5.41, 5.74) is 6.23. The Morgan fingerprint density at radius 1 is 1.14 bits per heavy atom. The predicted molar refractivity (Wildman–Crippen MR) is 112 cm³/mol. The number of nitriles is 1. The van der Waals surface area contributed by atoms with Crippen LogP contribution in [-0.4, -0.2) is 17.1 Å². The molecule has 1 heterocycles. The molecule has 0 radical (unpaired) electrons. The van der Waals surface area contributed by atoms with E-state index in [4.69, 9.17) is 40.5 Å². The number of anilines is 1. The Morgan fingerprint density at radius 3 is 2.39 bits per heavy atom. The van der Waals surface area contributed by atoms with E-state index >= 15 is 0 Å². The summed E-state index contributed by atoms with van der Waals surface area (Å²) >= 11 is 19.3. The van der Waals surface area contributed by atoms with E-state index in [0.717, 1.165) is 11.8 Å². The van der Waals surface area contributed by atoms with E-state index in [1.165, 1.54) is 4.90 Å². The second-order valence-corrected chi connectivity index (χ2v) is 8.32. The fraction of sp³-hybridized carbons (Fsp3) is 0.105. The molecule has 142 valence electrons. The maximum Gasteiger partial charge on any atom is 0.262 e. The Kier molecular flexibility index (Phi) is 6.21. The smallest absolute Gasteiger partial charge is 0.262 e. The lowest BCUT2D eigenvalue weighted by Gasteiger charge is -2.18. The molecule has 9 heteroatoms. The number of primary amides is 1. The molecule has 1 fully saturated rings. The lowest BCUT2D eigenvalue weighted by atomic mass is 10.1. The summed E-state index contributed by atoms with van der Waals surface area (Å²) in [5.74, 6) is -1.20. The van der Waals surface area contributed by atoms with Crippen LogP contribution in [0.5, 0.6) is 0 Å². The molecule has 1 aliphatic rings. The third kappa shape index (κ3) is 4.13. The summed E-state index contributed by atoms with van der Waals surface area (Å²) in [5, 5.41) is 10.4. The second kappa shape index (κ2) is 8.46. The molecule has 0 bridgehead atoms. The Bertz CT molecular complexity index is 1030. The fourth-order valence-electron chi connectivity index (χ4n) is 2.72. The molecular formula is C19H12Cl3N3O2S. The molecule has 2 aromatic rings. The van der Waals surface area contributed by atoms with Crippen LogP contribution in [0.1, 0.15) is 5.56 Å². The standard InChI is InChI=1S/C19H12Cl3N3O2S/c20-11-1-4-13(5-2-11)25-18(27)16(28-19(25)14(9-23)17(24)26)8-10-7-12(21)3-6-15(10)22/h1-7,16H,8H2,(H2,24,26)/b19-14-/t16-/m1/s1. The van der Waals surface area contributed by atoms with Gasteiger partial charge in [0.1, 0.15) is 16.7 Å². The van der Waals surface area contributed by atoms with Crippen molar-refractivity contribution in [1.29, 1.82) is 5.26 Å². The number of hydrogen-bond donors (Lipinski definition) is 1. The van der Waals surface area contributed by atoms with Crippen LogP contribution in [0.2, 0.25) is 15.1 Å². The molecule has 1 atom stereocenters. The predicted octanol–water partition coefficient (Wildman–Crippen LogP) is 4.56. The van der Waals surface area contributed by atoms with E-state index in [1.807, 2.05) is 0 Å². The van der Waals surface area contributed by atoms with E-state index in [2.05, 4.69) is 0 Å². The minimum absolute atomic E-state index is 0.186. The first kappa shape index (κ1) is 20.6. The van der Waals surface area contributed by atoms with Gasteiger partial charge in [0.15, 0.2) is 0 Å². The van der Waals surface area contributed by atoms with Gasteiger partial charge in [-0.25, -0.2) is 0 Å². The van der Waals surface area contributed by atoms with Gasteiger partial charge in [0.25, 0.3) is 5.91 Å². The number of carbonyl (C=O) groups excluding carboxylic acids is 2. The van der Waals surface area contributed by atoms with Gasteiger partial charge in [0.2, 0.25) is 5.91 Å². The molecule has 0 unspecified atom stereocenters. The molecule has 0 saturated carbocycles. The van der Waals surface area contributed by atoms with E-state index in [-0.39, 0.29) is 22.9 Å². The molecule has 2 amide bonds. The third-order valence-electron chi connectivity index (χ3n) is 4.02. The zero-order valence-electron chi connectivity index (χ0n) is 14.2. The fourth-order valence-corrected chi connectivity index (χ4v) is 4.54. The summed E-state index contributed by atoms with van der Waals surface area (Å²) in [6.07, 6.45) is 0.272. The highest BCUT2D eigenvalue weighted by molar-refractivity contribution is 8.05. The van der Waals surface area contributed by atoms with Crippen molar-refractivity contribution in [3.8, 4) is 6.07 Å². The van der Waals surface area contributed by atoms with Gasteiger partial charge in [0, 0.05) is 20.8 Å². The van der Waals surface area contributed by atoms with Gasteiger partial charge in [-0.1, -0.05) is 46.6 Å². The number of thioether (sulfide) groups is 1. The summed E-state index contributed by atoms with van der Waals surface area (Å²) < 4.78 is 0. The Labute approximate surface area is 180 Å². The van der Waals surface area contributed by atoms with Crippen molar-refractivity contribution >= 4 is 64.1 Å². The van der Waals surface area contributed by atoms with Crippen molar-refractivity contribution < 1.29 is 9.59 Å². The van der Waals surface area contributed by atoms with Gasteiger partial charge in [0.05, 0.1) is 5.25 Å². The Morgan fingerprint density at radius 2 is 1.79 bits per heavy atom. The van der Waals surface area contributed by atoms with Crippen LogP contribution in [0.25, 0.3) is 0 Å². The minimum Gasteiger partial charge on any atom is -0.365 e. The number of benzene rings is 2. The summed E-state index contributed by atoms with van der Waals surface area (Å²) in [7, 11) is 0. The van der Waals surface area contributed by atoms with Crippen molar-refractivity contribution in [3.05, 3.63) is 73.7 Å². The average molecular weight is 453 g/mol. The van der Waals surface area contributed by atoms with Gasteiger partial charge in [-0.05, 0) is 54.4 Å². The number of hydrogen-bond acceptors (Lipinski definition) is 4. The summed E-state index contributed by atoms with van der Waals surface area (Å²) in [4.78, 5) is 26.2. The highest BCUT2D eigenvalue weighted by Gasteiger charge is 2.40. The molecule has 2 aromatic carbocycles. The van der Waals surface area contributed by atoms with Gasteiger partial charge in [-0.2, -0.15) is 5.26 Å². The van der Waals surface area contributed by atoms with Gasteiger partial charge in [-0.3, -0.25) is 14.5 Å². The number of nitrogens with zero attached hydrogens (tertiary/aromatic N) is 2. The van der Waals surface area contributed by atoms with Crippen LogP contribution in [0, 0.1) is 11.3 Å². The SMILES string of the molecule is N#C/C(C(N)=O)=C1/S[C@H](Cc2cc(Cl)ccc2Cl)C(=O)N1c1ccc(Cl)cc1. The molecule has 3 rings (SSSR count). The number of amides is 2. The van der Waals surface area contributed by atoms with Crippen LogP contribution in [0.4, 0.5) is 5.69 Å². The van der Waals surface area contributed by atoms with Crippen LogP contribution < -0.4 is 10.6 Å². The molecule has 1 aliphatic heterocycles. The monoisotopic (exact) mass is 451 g/mol. The maximum absolute atomic E-state index is 13.1. The minimum atomic E-state index is -0.904.